The van der Waals surface area contributed by atoms with E-state index in [9.17, 15) is 18.0 Å². The minimum absolute atomic E-state index is 0.0981. The summed E-state index contributed by atoms with van der Waals surface area (Å²) in [6.45, 7) is 0.785. The van der Waals surface area contributed by atoms with E-state index in [0.29, 0.717) is 24.9 Å². The number of carbonyl (C=O) groups excluding carboxylic acids is 1. The molecule has 1 aliphatic rings. The van der Waals surface area contributed by atoms with Gasteiger partial charge in [0, 0.05) is 13.1 Å². The van der Waals surface area contributed by atoms with Crippen molar-refractivity contribution < 1.29 is 18.0 Å². The molecule has 2 nitrogen and oxygen atoms in total. The summed E-state index contributed by atoms with van der Waals surface area (Å²) in [4.78, 5) is 13.2. The highest BCUT2D eigenvalue weighted by Crippen LogP contribution is 2.42. The second-order valence-corrected chi connectivity index (χ2v) is 5.35. The van der Waals surface area contributed by atoms with Crippen molar-refractivity contribution in [3.63, 3.8) is 0 Å². The van der Waals surface area contributed by atoms with Crippen LogP contribution in [0.2, 0.25) is 0 Å². The summed E-state index contributed by atoms with van der Waals surface area (Å²) in [6, 6.07) is 12.7. The van der Waals surface area contributed by atoms with Crippen LogP contribution in [0.3, 0.4) is 0 Å². The van der Waals surface area contributed by atoms with Gasteiger partial charge in [0.2, 0.25) is 0 Å². The topological polar surface area (TPSA) is 20.3 Å². The first-order valence-electron chi connectivity index (χ1n) is 6.93. The third-order valence-electron chi connectivity index (χ3n) is 3.92. The zero-order valence-corrected chi connectivity index (χ0v) is 11.7. The van der Waals surface area contributed by atoms with Crippen LogP contribution in [0, 0.1) is 0 Å². The molecule has 0 saturated carbocycles. The van der Waals surface area contributed by atoms with Gasteiger partial charge in [-0.25, -0.2) is 0 Å². The highest BCUT2D eigenvalue weighted by molar-refractivity contribution is 5.66. The number of halogens is 3. The van der Waals surface area contributed by atoms with E-state index in [2.05, 4.69) is 0 Å². The molecule has 2 aromatic rings. The van der Waals surface area contributed by atoms with Crippen molar-refractivity contribution in [2.24, 2.45) is 0 Å². The van der Waals surface area contributed by atoms with Gasteiger partial charge in [-0.15, -0.1) is 0 Å². The van der Waals surface area contributed by atoms with Gasteiger partial charge >= 0.3 is 6.18 Å². The minimum Gasteiger partial charge on any atom is -0.301 e. The quantitative estimate of drug-likeness (QED) is 0.800. The van der Waals surface area contributed by atoms with Crippen molar-refractivity contribution in [2.75, 3.05) is 0 Å². The lowest BCUT2D eigenvalue weighted by molar-refractivity contribution is -0.138. The van der Waals surface area contributed by atoms with Gasteiger partial charge in [-0.1, -0.05) is 42.5 Å². The molecule has 22 heavy (non-hydrogen) atoms. The number of carbonyl (C=O) groups is 1. The highest BCUT2D eigenvalue weighted by atomic mass is 19.4. The Morgan fingerprint density at radius 2 is 1.82 bits per heavy atom. The summed E-state index contributed by atoms with van der Waals surface area (Å²) in [5.41, 5.74) is 0.928. The molecule has 0 aromatic heterocycles. The molecule has 0 radical (unpaired) electrons. The smallest absolute Gasteiger partial charge is 0.301 e. The summed E-state index contributed by atoms with van der Waals surface area (Å²) in [5.74, 6) is 0. The molecule has 0 spiro atoms. The Hall–Kier alpha value is -2.14. The molecule has 0 bridgehead atoms. The predicted octanol–water partition coefficient (Wildman–Crippen LogP) is 3.96. The first-order chi connectivity index (χ1) is 10.5. The molecule has 0 aliphatic carbocycles. The highest BCUT2D eigenvalue weighted by Gasteiger charge is 2.40. The lowest BCUT2D eigenvalue weighted by Crippen LogP contribution is -2.24. The van der Waals surface area contributed by atoms with Crippen molar-refractivity contribution in [3.8, 4) is 0 Å². The van der Waals surface area contributed by atoms with Crippen molar-refractivity contribution in [3.05, 3.63) is 70.8 Å². The third-order valence-corrected chi connectivity index (χ3v) is 3.92. The Kier molecular flexibility index (Phi) is 3.74. The number of hydrogen-bond donors (Lipinski definition) is 0. The molecule has 0 N–H and O–H groups in total. The largest absolute Gasteiger partial charge is 0.416 e. The van der Waals surface area contributed by atoms with Crippen LogP contribution in [-0.4, -0.2) is 11.2 Å². The van der Waals surface area contributed by atoms with Gasteiger partial charge in [0.25, 0.3) is 0 Å². The number of alkyl halides is 3. The first kappa shape index (κ1) is 14.8. The Labute approximate surface area is 126 Å². The number of nitrogens with zero attached hydrogens (tertiary/aromatic N) is 1. The van der Waals surface area contributed by atoms with Gasteiger partial charge in [0.1, 0.15) is 6.29 Å². The number of hydrogen-bond acceptors (Lipinski definition) is 2. The lowest BCUT2D eigenvalue weighted by Gasteiger charge is -2.21. The standard InChI is InChI=1S/C17H14F3NO/c18-17(19,20)14-8-4-7-13-10-21(15(11-22)16(13)14)9-12-5-2-1-3-6-12/h1-8,11,15H,9-10H2. The van der Waals surface area contributed by atoms with Crippen LogP contribution >= 0.6 is 0 Å². The number of aldehydes is 1. The van der Waals surface area contributed by atoms with Crippen LogP contribution in [-0.2, 0) is 24.1 Å². The van der Waals surface area contributed by atoms with Crippen LogP contribution < -0.4 is 0 Å². The first-order valence-corrected chi connectivity index (χ1v) is 6.93. The third kappa shape index (κ3) is 2.64. The van der Waals surface area contributed by atoms with Gasteiger partial charge in [-0.2, -0.15) is 13.2 Å². The zero-order chi connectivity index (χ0) is 15.7. The fourth-order valence-corrected chi connectivity index (χ4v) is 2.97. The van der Waals surface area contributed by atoms with E-state index >= 15 is 0 Å². The van der Waals surface area contributed by atoms with E-state index in [-0.39, 0.29) is 5.56 Å². The molecular formula is C17H14F3NO. The molecule has 1 heterocycles. The van der Waals surface area contributed by atoms with Crippen LogP contribution in [0.25, 0.3) is 0 Å². The van der Waals surface area contributed by atoms with Crippen LogP contribution in [0.4, 0.5) is 13.2 Å². The molecule has 1 aliphatic heterocycles. The Morgan fingerprint density at radius 1 is 1.09 bits per heavy atom. The van der Waals surface area contributed by atoms with Gasteiger partial charge in [0.05, 0.1) is 11.6 Å². The fraction of sp³-hybridized carbons (Fsp3) is 0.235. The molecular weight excluding hydrogens is 291 g/mol. The van der Waals surface area contributed by atoms with Crippen LogP contribution in [0.15, 0.2) is 48.5 Å². The van der Waals surface area contributed by atoms with Gasteiger partial charge in [-0.05, 0) is 22.8 Å². The molecule has 1 atom stereocenters. The average molecular weight is 305 g/mol. The van der Waals surface area contributed by atoms with E-state index in [0.717, 1.165) is 11.6 Å². The fourth-order valence-electron chi connectivity index (χ4n) is 2.97. The van der Waals surface area contributed by atoms with E-state index < -0.39 is 17.8 Å². The van der Waals surface area contributed by atoms with Crippen molar-refractivity contribution in [2.45, 2.75) is 25.3 Å². The second-order valence-electron chi connectivity index (χ2n) is 5.35. The van der Waals surface area contributed by atoms with Crippen molar-refractivity contribution in [1.29, 1.82) is 0 Å². The number of fused-ring (bicyclic) bond motifs is 1. The molecule has 3 rings (SSSR count). The van der Waals surface area contributed by atoms with E-state index in [1.54, 1.807) is 11.0 Å². The maximum atomic E-state index is 13.2. The Bertz CT molecular complexity index is 682. The summed E-state index contributed by atoms with van der Waals surface area (Å²) >= 11 is 0. The van der Waals surface area contributed by atoms with Crippen LogP contribution in [0.1, 0.15) is 28.3 Å². The summed E-state index contributed by atoms with van der Waals surface area (Å²) in [5, 5.41) is 0. The van der Waals surface area contributed by atoms with Gasteiger partial charge in [0.15, 0.2) is 0 Å². The summed E-state index contributed by atoms with van der Waals surface area (Å²) < 4.78 is 39.5. The molecule has 5 heteroatoms. The van der Waals surface area contributed by atoms with E-state index in [1.165, 1.54) is 6.07 Å². The minimum atomic E-state index is -4.45. The van der Waals surface area contributed by atoms with Crippen molar-refractivity contribution >= 4 is 6.29 Å². The Morgan fingerprint density at radius 3 is 2.45 bits per heavy atom. The molecule has 114 valence electrons. The monoisotopic (exact) mass is 305 g/mol. The normalized spacial score (nSPS) is 18.2. The summed E-state index contributed by atoms with van der Waals surface area (Å²) in [6.07, 6.45) is -3.85. The van der Waals surface area contributed by atoms with Crippen molar-refractivity contribution in [1.82, 2.24) is 4.90 Å². The molecule has 0 fully saturated rings. The molecule has 0 amide bonds. The van der Waals surface area contributed by atoms with E-state index in [1.807, 2.05) is 30.3 Å². The average Bonchev–Trinajstić information content (AvgIpc) is 2.84. The maximum Gasteiger partial charge on any atom is 0.416 e. The zero-order valence-electron chi connectivity index (χ0n) is 11.7. The number of rotatable bonds is 3. The van der Waals surface area contributed by atoms with Gasteiger partial charge in [-0.3, -0.25) is 4.90 Å². The summed E-state index contributed by atoms with van der Waals surface area (Å²) in [7, 11) is 0. The number of benzene rings is 2. The SMILES string of the molecule is O=CC1c2c(cccc2C(F)(F)F)CN1Cc1ccccc1. The van der Waals surface area contributed by atoms with Gasteiger partial charge < -0.3 is 4.79 Å². The molecule has 2 aromatic carbocycles. The Balaban J connectivity index is 1.97. The molecule has 1 unspecified atom stereocenters. The maximum absolute atomic E-state index is 13.2. The molecule has 0 saturated heterocycles. The predicted molar refractivity (Wildman–Crippen MR) is 75.9 cm³/mol. The van der Waals surface area contributed by atoms with E-state index in [4.69, 9.17) is 0 Å². The second kappa shape index (κ2) is 5.57. The van der Waals surface area contributed by atoms with Crippen LogP contribution in [0.5, 0.6) is 0 Å². The lowest BCUT2D eigenvalue weighted by atomic mass is 9.98.